The fourth-order valence-electron chi connectivity index (χ4n) is 2.50. The topological polar surface area (TPSA) is 45.2 Å². The number of nitrogens with one attached hydrogen (secondary N) is 1. The van der Waals surface area contributed by atoms with Crippen LogP contribution in [0.5, 0.6) is 5.75 Å². The number of phenolic OH excluding ortho intramolecular Hbond substituents is 1. The molecule has 0 radical (unpaired) electrons. The van der Waals surface area contributed by atoms with Crippen LogP contribution < -0.4 is 5.32 Å². The van der Waals surface area contributed by atoms with Crippen molar-refractivity contribution >= 4 is 10.8 Å². The molecule has 1 aromatic heterocycles. The highest BCUT2D eigenvalue weighted by Crippen LogP contribution is 2.32. The SMILES string of the molecule is CC(NCc1ccncc1)c1ccc2ccccc2c1O. The van der Waals surface area contributed by atoms with Crippen LogP contribution in [0.3, 0.4) is 0 Å². The van der Waals surface area contributed by atoms with Gasteiger partial charge in [-0.3, -0.25) is 4.98 Å². The number of benzene rings is 2. The maximum absolute atomic E-state index is 10.5. The molecule has 106 valence electrons. The molecule has 0 aliphatic heterocycles. The van der Waals surface area contributed by atoms with Crippen LogP contribution in [-0.4, -0.2) is 10.1 Å². The minimum absolute atomic E-state index is 0.0720. The number of rotatable bonds is 4. The van der Waals surface area contributed by atoms with E-state index in [-0.39, 0.29) is 6.04 Å². The smallest absolute Gasteiger partial charge is 0.128 e. The van der Waals surface area contributed by atoms with Gasteiger partial charge in [0.2, 0.25) is 0 Å². The zero-order chi connectivity index (χ0) is 14.7. The summed E-state index contributed by atoms with van der Waals surface area (Å²) in [6.45, 7) is 2.81. The van der Waals surface area contributed by atoms with Gasteiger partial charge in [-0.05, 0) is 30.0 Å². The lowest BCUT2D eigenvalue weighted by molar-refractivity contribution is 0.458. The first-order valence-corrected chi connectivity index (χ1v) is 7.08. The average Bonchev–Trinajstić information content (AvgIpc) is 2.54. The van der Waals surface area contributed by atoms with Gasteiger partial charge in [0.05, 0.1) is 0 Å². The van der Waals surface area contributed by atoms with Crippen molar-refractivity contribution in [3.8, 4) is 5.75 Å². The van der Waals surface area contributed by atoms with Crippen LogP contribution in [0.2, 0.25) is 0 Å². The molecule has 3 nitrogen and oxygen atoms in total. The van der Waals surface area contributed by atoms with Crippen molar-refractivity contribution in [2.24, 2.45) is 0 Å². The second kappa shape index (κ2) is 5.94. The molecule has 0 saturated carbocycles. The van der Waals surface area contributed by atoms with E-state index in [4.69, 9.17) is 0 Å². The van der Waals surface area contributed by atoms with Gasteiger partial charge in [0, 0.05) is 35.9 Å². The Balaban J connectivity index is 1.81. The molecule has 2 aromatic carbocycles. The number of hydrogen-bond donors (Lipinski definition) is 2. The molecular weight excluding hydrogens is 260 g/mol. The molecule has 1 unspecified atom stereocenters. The van der Waals surface area contributed by atoms with Crippen LogP contribution in [0.4, 0.5) is 0 Å². The summed E-state index contributed by atoms with van der Waals surface area (Å²) in [6.07, 6.45) is 3.57. The molecule has 3 rings (SSSR count). The standard InChI is InChI=1S/C18H18N2O/c1-13(20-12-14-8-10-19-11-9-14)16-7-6-15-4-2-3-5-17(15)18(16)21/h2-11,13,20-21H,12H2,1H3. The predicted octanol–water partition coefficient (Wildman–Crippen LogP) is 3.79. The first kappa shape index (κ1) is 13.6. The summed E-state index contributed by atoms with van der Waals surface area (Å²) in [5.74, 6) is 0.364. The lowest BCUT2D eigenvalue weighted by Crippen LogP contribution is -2.18. The Hall–Kier alpha value is -2.39. The van der Waals surface area contributed by atoms with Crippen molar-refractivity contribution in [2.45, 2.75) is 19.5 Å². The van der Waals surface area contributed by atoms with Crippen molar-refractivity contribution in [1.29, 1.82) is 0 Å². The predicted molar refractivity (Wildman–Crippen MR) is 85.1 cm³/mol. The van der Waals surface area contributed by atoms with Gasteiger partial charge in [-0.2, -0.15) is 0 Å². The molecule has 3 aromatic rings. The summed E-state index contributed by atoms with van der Waals surface area (Å²) in [4.78, 5) is 4.01. The number of aromatic nitrogens is 1. The van der Waals surface area contributed by atoms with Crippen LogP contribution in [0, 0.1) is 0 Å². The largest absolute Gasteiger partial charge is 0.507 e. The van der Waals surface area contributed by atoms with Crippen LogP contribution in [0.25, 0.3) is 10.8 Å². The van der Waals surface area contributed by atoms with Crippen molar-refractivity contribution in [1.82, 2.24) is 10.3 Å². The second-order valence-electron chi connectivity index (χ2n) is 5.18. The highest BCUT2D eigenvalue weighted by atomic mass is 16.3. The fraction of sp³-hybridized carbons (Fsp3) is 0.167. The highest BCUT2D eigenvalue weighted by Gasteiger charge is 2.12. The fourth-order valence-corrected chi connectivity index (χ4v) is 2.50. The first-order chi connectivity index (χ1) is 10.3. The summed E-state index contributed by atoms with van der Waals surface area (Å²) in [5, 5.41) is 15.9. The summed E-state index contributed by atoms with van der Waals surface area (Å²) in [5.41, 5.74) is 2.10. The van der Waals surface area contributed by atoms with Crippen molar-refractivity contribution < 1.29 is 5.11 Å². The van der Waals surface area contributed by atoms with Gasteiger partial charge in [-0.1, -0.05) is 36.4 Å². The van der Waals surface area contributed by atoms with E-state index in [1.807, 2.05) is 42.5 Å². The van der Waals surface area contributed by atoms with E-state index >= 15 is 0 Å². The summed E-state index contributed by atoms with van der Waals surface area (Å²) < 4.78 is 0. The molecule has 2 N–H and O–H groups in total. The molecule has 1 heterocycles. The van der Waals surface area contributed by atoms with E-state index in [0.29, 0.717) is 5.75 Å². The van der Waals surface area contributed by atoms with Crippen molar-refractivity contribution in [2.75, 3.05) is 0 Å². The number of nitrogens with zero attached hydrogens (tertiary/aromatic N) is 1. The van der Waals surface area contributed by atoms with Gasteiger partial charge < -0.3 is 10.4 Å². The molecule has 0 bridgehead atoms. The van der Waals surface area contributed by atoms with Crippen molar-refractivity contribution in [3.63, 3.8) is 0 Å². The number of pyridine rings is 1. The van der Waals surface area contributed by atoms with Crippen LogP contribution in [0.15, 0.2) is 60.9 Å². The van der Waals surface area contributed by atoms with Crippen LogP contribution in [0.1, 0.15) is 24.1 Å². The Labute approximate surface area is 124 Å². The van der Waals surface area contributed by atoms with Crippen LogP contribution >= 0.6 is 0 Å². The third-order valence-electron chi connectivity index (χ3n) is 3.76. The van der Waals surface area contributed by atoms with Gasteiger partial charge >= 0.3 is 0 Å². The lowest BCUT2D eigenvalue weighted by atomic mass is 10.0. The van der Waals surface area contributed by atoms with E-state index in [1.165, 1.54) is 5.56 Å². The minimum Gasteiger partial charge on any atom is -0.507 e. The van der Waals surface area contributed by atoms with E-state index < -0.39 is 0 Å². The Morgan fingerprint density at radius 3 is 2.62 bits per heavy atom. The zero-order valence-electron chi connectivity index (χ0n) is 12.0. The van der Waals surface area contributed by atoms with Gasteiger partial charge in [-0.25, -0.2) is 0 Å². The molecular formula is C18H18N2O. The van der Waals surface area contributed by atoms with E-state index in [0.717, 1.165) is 22.9 Å². The molecule has 0 fully saturated rings. The molecule has 0 aliphatic carbocycles. The molecule has 0 saturated heterocycles. The molecule has 0 aliphatic rings. The number of hydrogen-bond acceptors (Lipinski definition) is 3. The zero-order valence-corrected chi connectivity index (χ0v) is 12.0. The molecule has 3 heteroatoms. The maximum atomic E-state index is 10.5. The van der Waals surface area contributed by atoms with Gasteiger partial charge in [0.25, 0.3) is 0 Å². The Morgan fingerprint density at radius 1 is 1.05 bits per heavy atom. The Bertz CT molecular complexity index is 741. The van der Waals surface area contributed by atoms with Crippen LogP contribution in [-0.2, 0) is 6.54 Å². The van der Waals surface area contributed by atoms with E-state index in [9.17, 15) is 5.11 Å². The molecule has 0 amide bonds. The second-order valence-corrected chi connectivity index (χ2v) is 5.18. The lowest BCUT2D eigenvalue weighted by Gasteiger charge is -2.17. The third kappa shape index (κ3) is 2.88. The Kier molecular flexibility index (Phi) is 3.84. The summed E-state index contributed by atoms with van der Waals surface area (Å²) in [6, 6.07) is 16.0. The molecule has 0 spiro atoms. The van der Waals surface area contributed by atoms with E-state index in [1.54, 1.807) is 12.4 Å². The van der Waals surface area contributed by atoms with Gasteiger partial charge in [-0.15, -0.1) is 0 Å². The summed E-state index contributed by atoms with van der Waals surface area (Å²) in [7, 11) is 0. The number of fused-ring (bicyclic) bond motifs is 1. The molecule has 1 atom stereocenters. The highest BCUT2D eigenvalue weighted by molar-refractivity contribution is 5.89. The number of aromatic hydroxyl groups is 1. The van der Waals surface area contributed by atoms with Gasteiger partial charge in [0.1, 0.15) is 5.75 Å². The van der Waals surface area contributed by atoms with E-state index in [2.05, 4.69) is 23.3 Å². The summed E-state index contributed by atoms with van der Waals surface area (Å²) >= 11 is 0. The molecule has 21 heavy (non-hydrogen) atoms. The Morgan fingerprint density at radius 2 is 1.81 bits per heavy atom. The third-order valence-corrected chi connectivity index (χ3v) is 3.76. The van der Waals surface area contributed by atoms with Gasteiger partial charge in [0.15, 0.2) is 0 Å². The monoisotopic (exact) mass is 278 g/mol. The maximum Gasteiger partial charge on any atom is 0.128 e. The minimum atomic E-state index is 0.0720. The quantitative estimate of drug-likeness (QED) is 0.763. The van der Waals surface area contributed by atoms with Crippen molar-refractivity contribution in [3.05, 3.63) is 72.1 Å². The average molecular weight is 278 g/mol. The first-order valence-electron chi connectivity index (χ1n) is 7.08. The normalized spacial score (nSPS) is 12.4. The number of phenols is 1.